The molecule has 0 saturated heterocycles. The molecule has 4 nitrogen and oxygen atoms in total. The van der Waals surface area contributed by atoms with Gasteiger partial charge in [0.15, 0.2) is 0 Å². The van der Waals surface area contributed by atoms with Crippen molar-refractivity contribution < 1.29 is 4.79 Å². The Kier molecular flexibility index (Phi) is 6.05. The van der Waals surface area contributed by atoms with Crippen LogP contribution in [0.1, 0.15) is 39.0 Å². The fraction of sp³-hybridized carbons (Fsp3) is 0.588. The van der Waals surface area contributed by atoms with Crippen molar-refractivity contribution in [3.63, 3.8) is 0 Å². The van der Waals surface area contributed by atoms with Crippen LogP contribution in [0.15, 0.2) is 24.3 Å². The normalized spacial score (nSPS) is 14.4. The molecule has 0 aliphatic heterocycles. The van der Waals surface area contributed by atoms with Gasteiger partial charge in [-0.25, -0.2) is 0 Å². The topological polar surface area (TPSA) is 58.4 Å². The number of benzene rings is 1. The van der Waals surface area contributed by atoms with Crippen LogP contribution >= 0.6 is 0 Å². The van der Waals surface area contributed by atoms with Gasteiger partial charge in [0.25, 0.3) is 0 Å². The Hall–Kier alpha value is -1.55. The fourth-order valence-electron chi connectivity index (χ4n) is 2.56. The van der Waals surface area contributed by atoms with E-state index in [2.05, 4.69) is 17.1 Å². The molecule has 0 aromatic heterocycles. The number of hydrogen-bond acceptors (Lipinski definition) is 3. The summed E-state index contributed by atoms with van der Waals surface area (Å²) in [5, 5.41) is 2.89. The number of rotatable bonds is 9. The standard InChI is InChI=1S/C17H27N3O/c1-2-11-20(13-14-9-10-14)12-5-8-17(21)19-16-7-4-3-6-15(16)18/h3-4,6-7,14H,2,5,8-13,18H2,1H3,(H,19,21). The monoisotopic (exact) mass is 289 g/mol. The molecule has 3 N–H and O–H groups in total. The van der Waals surface area contributed by atoms with Crippen LogP contribution in [0.2, 0.25) is 0 Å². The van der Waals surface area contributed by atoms with Crippen molar-refractivity contribution in [3.05, 3.63) is 24.3 Å². The highest BCUT2D eigenvalue weighted by Crippen LogP contribution is 2.29. The number of nitrogens with zero attached hydrogens (tertiary/aromatic N) is 1. The lowest BCUT2D eigenvalue weighted by Crippen LogP contribution is -2.28. The fourth-order valence-corrected chi connectivity index (χ4v) is 2.56. The molecular formula is C17H27N3O. The lowest BCUT2D eigenvalue weighted by atomic mass is 10.2. The molecule has 1 aliphatic carbocycles. The molecule has 4 heteroatoms. The summed E-state index contributed by atoms with van der Waals surface area (Å²) >= 11 is 0. The van der Waals surface area contributed by atoms with E-state index in [0.29, 0.717) is 17.8 Å². The van der Waals surface area contributed by atoms with Crippen molar-refractivity contribution in [1.29, 1.82) is 0 Å². The first-order valence-electron chi connectivity index (χ1n) is 8.05. The van der Waals surface area contributed by atoms with Gasteiger partial charge in [0, 0.05) is 13.0 Å². The molecule has 1 aromatic rings. The van der Waals surface area contributed by atoms with Crippen LogP contribution in [0.25, 0.3) is 0 Å². The first kappa shape index (κ1) is 15.8. The highest BCUT2D eigenvalue weighted by molar-refractivity contribution is 5.93. The van der Waals surface area contributed by atoms with E-state index in [1.54, 1.807) is 6.07 Å². The second-order valence-corrected chi connectivity index (χ2v) is 5.98. The first-order chi connectivity index (χ1) is 10.2. The summed E-state index contributed by atoms with van der Waals surface area (Å²) in [5.74, 6) is 0.963. The third-order valence-electron chi connectivity index (χ3n) is 3.87. The van der Waals surface area contributed by atoms with E-state index >= 15 is 0 Å². The summed E-state index contributed by atoms with van der Waals surface area (Å²) in [7, 11) is 0. The molecule has 1 fully saturated rings. The van der Waals surface area contributed by atoms with Crippen LogP contribution < -0.4 is 11.1 Å². The molecule has 21 heavy (non-hydrogen) atoms. The Morgan fingerprint density at radius 2 is 2.10 bits per heavy atom. The van der Waals surface area contributed by atoms with Gasteiger partial charge < -0.3 is 16.0 Å². The van der Waals surface area contributed by atoms with Gasteiger partial charge in [-0.2, -0.15) is 0 Å². The molecule has 1 aromatic carbocycles. The zero-order chi connectivity index (χ0) is 15.1. The van der Waals surface area contributed by atoms with E-state index < -0.39 is 0 Å². The summed E-state index contributed by atoms with van der Waals surface area (Å²) in [5.41, 5.74) is 7.16. The number of anilines is 2. The minimum absolute atomic E-state index is 0.0516. The van der Waals surface area contributed by atoms with Crippen LogP contribution in [-0.2, 0) is 4.79 Å². The first-order valence-corrected chi connectivity index (χ1v) is 8.05. The van der Waals surface area contributed by atoms with Crippen LogP contribution in [-0.4, -0.2) is 30.4 Å². The second-order valence-electron chi connectivity index (χ2n) is 5.98. The highest BCUT2D eigenvalue weighted by Gasteiger charge is 2.23. The van der Waals surface area contributed by atoms with Gasteiger partial charge in [0.2, 0.25) is 5.91 Å². The predicted octanol–water partition coefficient (Wildman–Crippen LogP) is 3.11. The van der Waals surface area contributed by atoms with Crippen molar-refractivity contribution in [2.45, 2.75) is 39.0 Å². The average Bonchev–Trinajstić information content (AvgIpc) is 3.25. The molecule has 1 aliphatic rings. The number of hydrogen-bond donors (Lipinski definition) is 2. The average molecular weight is 289 g/mol. The summed E-state index contributed by atoms with van der Waals surface area (Å²) in [4.78, 5) is 14.5. The molecule has 0 radical (unpaired) electrons. The Labute approximate surface area is 127 Å². The smallest absolute Gasteiger partial charge is 0.224 e. The van der Waals surface area contributed by atoms with Crippen molar-refractivity contribution >= 4 is 17.3 Å². The van der Waals surface area contributed by atoms with Crippen LogP contribution in [0, 0.1) is 5.92 Å². The quantitative estimate of drug-likeness (QED) is 0.687. The summed E-state index contributed by atoms with van der Waals surface area (Å²) < 4.78 is 0. The molecule has 0 heterocycles. The van der Waals surface area contributed by atoms with Crippen molar-refractivity contribution in [2.24, 2.45) is 5.92 Å². The second kappa shape index (κ2) is 8.03. The van der Waals surface area contributed by atoms with Crippen LogP contribution in [0.5, 0.6) is 0 Å². The van der Waals surface area contributed by atoms with Gasteiger partial charge in [-0.15, -0.1) is 0 Å². The minimum atomic E-state index is 0.0516. The number of nitrogens with two attached hydrogens (primary N) is 1. The zero-order valence-corrected chi connectivity index (χ0v) is 13.0. The number of carbonyl (C=O) groups is 1. The molecule has 116 valence electrons. The van der Waals surface area contributed by atoms with E-state index in [9.17, 15) is 4.79 Å². The maximum Gasteiger partial charge on any atom is 0.224 e. The molecule has 2 rings (SSSR count). The van der Waals surface area contributed by atoms with Crippen molar-refractivity contribution in [2.75, 3.05) is 30.7 Å². The lowest BCUT2D eigenvalue weighted by molar-refractivity contribution is -0.116. The highest BCUT2D eigenvalue weighted by atomic mass is 16.1. The summed E-state index contributed by atoms with van der Waals surface area (Å²) in [6.07, 6.45) is 5.41. The van der Waals surface area contributed by atoms with E-state index in [1.165, 1.54) is 25.8 Å². The Morgan fingerprint density at radius 3 is 2.76 bits per heavy atom. The number of para-hydroxylation sites is 2. The maximum atomic E-state index is 12.0. The van der Waals surface area contributed by atoms with Crippen LogP contribution in [0.3, 0.4) is 0 Å². The number of amides is 1. The summed E-state index contributed by atoms with van der Waals surface area (Å²) in [6, 6.07) is 7.38. The summed E-state index contributed by atoms with van der Waals surface area (Å²) in [6.45, 7) is 5.58. The lowest BCUT2D eigenvalue weighted by Gasteiger charge is -2.21. The van der Waals surface area contributed by atoms with Gasteiger partial charge in [-0.3, -0.25) is 4.79 Å². The molecule has 0 atom stereocenters. The Morgan fingerprint density at radius 1 is 1.33 bits per heavy atom. The molecule has 0 spiro atoms. The molecule has 1 amide bonds. The Bertz CT molecular complexity index is 457. The van der Waals surface area contributed by atoms with Gasteiger partial charge in [-0.05, 0) is 56.8 Å². The van der Waals surface area contributed by atoms with E-state index in [4.69, 9.17) is 5.73 Å². The Balaban J connectivity index is 1.69. The maximum absolute atomic E-state index is 12.0. The van der Waals surface area contributed by atoms with Gasteiger partial charge in [0.05, 0.1) is 11.4 Å². The minimum Gasteiger partial charge on any atom is -0.397 e. The zero-order valence-electron chi connectivity index (χ0n) is 13.0. The molecule has 1 saturated carbocycles. The molecule has 0 bridgehead atoms. The van der Waals surface area contributed by atoms with Crippen molar-refractivity contribution in [1.82, 2.24) is 4.90 Å². The van der Waals surface area contributed by atoms with Gasteiger partial charge >= 0.3 is 0 Å². The largest absolute Gasteiger partial charge is 0.397 e. The number of nitrogen functional groups attached to an aromatic ring is 1. The predicted molar refractivity (Wildman–Crippen MR) is 88.2 cm³/mol. The molecule has 0 unspecified atom stereocenters. The van der Waals surface area contributed by atoms with E-state index in [-0.39, 0.29) is 5.91 Å². The number of carbonyl (C=O) groups excluding carboxylic acids is 1. The van der Waals surface area contributed by atoms with E-state index in [0.717, 1.165) is 25.4 Å². The van der Waals surface area contributed by atoms with E-state index in [1.807, 2.05) is 18.2 Å². The third kappa shape index (κ3) is 5.76. The third-order valence-corrected chi connectivity index (χ3v) is 3.87. The molecular weight excluding hydrogens is 262 g/mol. The number of nitrogens with one attached hydrogen (secondary N) is 1. The van der Waals surface area contributed by atoms with Crippen LogP contribution in [0.4, 0.5) is 11.4 Å². The van der Waals surface area contributed by atoms with Gasteiger partial charge in [-0.1, -0.05) is 19.1 Å². The van der Waals surface area contributed by atoms with Gasteiger partial charge in [0.1, 0.15) is 0 Å². The van der Waals surface area contributed by atoms with Crippen molar-refractivity contribution in [3.8, 4) is 0 Å². The SMILES string of the molecule is CCCN(CCCC(=O)Nc1ccccc1N)CC1CC1.